The zero-order valence-electron chi connectivity index (χ0n) is 15.9. The summed E-state index contributed by atoms with van der Waals surface area (Å²) in [4.78, 5) is 26.4. The lowest BCUT2D eigenvalue weighted by Crippen LogP contribution is -2.62. The normalized spacial score (nSPS) is 26.8. The van der Waals surface area contributed by atoms with Crippen molar-refractivity contribution in [1.29, 1.82) is 0 Å². The minimum atomic E-state index is -1.32. The van der Waals surface area contributed by atoms with Gasteiger partial charge in [-0.3, -0.25) is 20.2 Å². The Hall–Kier alpha value is -2.93. The molecule has 2 aliphatic rings. The van der Waals surface area contributed by atoms with Gasteiger partial charge in [-0.2, -0.15) is 0 Å². The number of nitrogens with zero attached hydrogens (tertiary/aromatic N) is 2. The maximum Gasteiger partial charge on any atom is 0.299 e. The van der Waals surface area contributed by atoms with E-state index in [4.69, 9.17) is 4.74 Å². The number of hydrogen-bond donors (Lipinski definition) is 1. The second-order valence-corrected chi connectivity index (χ2v) is 7.43. The first-order chi connectivity index (χ1) is 13.5. The highest BCUT2D eigenvalue weighted by Crippen LogP contribution is 2.47. The minimum Gasteiger partial charge on any atom is -0.496 e. The molecule has 7 heteroatoms. The molecule has 4 rings (SSSR count). The van der Waals surface area contributed by atoms with Gasteiger partial charge >= 0.3 is 0 Å². The lowest BCUT2D eigenvalue weighted by atomic mass is 9.76. The third kappa shape index (κ3) is 2.74. The fraction of sp³-hybridized carbons (Fsp3) is 0.381. The minimum absolute atomic E-state index is 0.411. The number of nitrogens with one attached hydrogen (secondary N) is 1. The highest BCUT2D eigenvalue weighted by molar-refractivity contribution is 5.84. The van der Waals surface area contributed by atoms with E-state index in [0.717, 1.165) is 11.1 Å². The van der Waals surface area contributed by atoms with Crippen LogP contribution in [0.2, 0.25) is 0 Å². The molecule has 3 unspecified atom stereocenters. The Morgan fingerprint density at radius 2 is 1.93 bits per heavy atom. The van der Waals surface area contributed by atoms with Crippen molar-refractivity contribution in [2.45, 2.75) is 31.0 Å². The van der Waals surface area contributed by atoms with Crippen LogP contribution in [0.3, 0.4) is 0 Å². The van der Waals surface area contributed by atoms with Crippen LogP contribution in [0, 0.1) is 17.0 Å². The van der Waals surface area contributed by atoms with Crippen molar-refractivity contribution in [3.05, 3.63) is 75.3 Å². The molecule has 0 saturated carbocycles. The predicted octanol–water partition coefficient (Wildman–Crippen LogP) is 2.42. The number of nitro groups is 1. The molecule has 3 atom stereocenters. The summed E-state index contributed by atoms with van der Waals surface area (Å²) in [5.74, 6) is -0.475. The van der Waals surface area contributed by atoms with Gasteiger partial charge in [0.15, 0.2) is 0 Å². The SMILES string of the molecule is COc1ccccc1C1CC2(c3ccc(C)cc3)NCCN2C(=O)C1[N+](=O)[O-]. The molecule has 28 heavy (non-hydrogen) atoms. The fourth-order valence-corrected chi connectivity index (χ4v) is 4.60. The number of para-hydroxylation sites is 1. The average molecular weight is 381 g/mol. The van der Waals surface area contributed by atoms with Gasteiger partial charge in [-0.25, -0.2) is 0 Å². The zero-order valence-corrected chi connectivity index (χ0v) is 15.9. The number of methoxy groups -OCH3 is 1. The van der Waals surface area contributed by atoms with Crippen LogP contribution < -0.4 is 10.1 Å². The van der Waals surface area contributed by atoms with E-state index in [1.807, 2.05) is 49.4 Å². The third-order valence-corrected chi connectivity index (χ3v) is 5.92. The number of amides is 1. The fourth-order valence-electron chi connectivity index (χ4n) is 4.60. The molecule has 7 nitrogen and oxygen atoms in total. The Labute approximate surface area is 163 Å². The van der Waals surface area contributed by atoms with E-state index in [2.05, 4.69) is 5.32 Å². The number of carbonyl (C=O) groups is 1. The number of rotatable bonds is 4. The number of aryl methyl sites for hydroxylation is 1. The molecule has 0 spiro atoms. The van der Waals surface area contributed by atoms with Crippen LogP contribution in [-0.2, 0) is 10.5 Å². The topological polar surface area (TPSA) is 84.7 Å². The first-order valence-electron chi connectivity index (χ1n) is 9.38. The summed E-state index contributed by atoms with van der Waals surface area (Å²) in [6.45, 7) is 3.06. The molecule has 0 aromatic heterocycles. The van der Waals surface area contributed by atoms with E-state index >= 15 is 0 Å². The van der Waals surface area contributed by atoms with Gasteiger partial charge in [0.1, 0.15) is 11.4 Å². The largest absolute Gasteiger partial charge is 0.496 e. The first-order valence-corrected chi connectivity index (χ1v) is 9.38. The summed E-state index contributed by atoms with van der Waals surface area (Å²) in [6, 6.07) is 13.9. The summed E-state index contributed by atoms with van der Waals surface area (Å²) in [7, 11) is 1.54. The summed E-state index contributed by atoms with van der Waals surface area (Å²) < 4.78 is 5.46. The quantitative estimate of drug-likeness (QED) is 0.649. The molecule has 2 aromatic carbocycles. The van der Waals surface area contributed by atoms with E-state index in [1.165, 1.54) is 0 Å². The summed E-state index contributed by atoms with van der Waals surface area (Å²) in [5, 5.41) is 15.4. The van der Waals surface area contributed by atoms with Crippen molar-refractivity contribution in [3.8, 4) is 5.75 Å². The predicted molar refractivity (Wildman–Crippen MR) is 104 cm³/mol. The standard InChI is InChI=1S/C21H23N3O4/c1-14-7-9-15(10-8-14)21-13-17(16-5-3-4-6-18(16)28-2)19(24(26)27)20(25)23(21)12-11-22-21/h3-10,17,19,22H,11-13H2,1-2H3. The smallest absolute Gasteiger partial charge is 0.299 e. The van der Waals surface area contributed by atoms with Gasteiger partial charge < -0.3 is 9.64 Å². The molecule has 2 saturated heterocycles. The van der Waals surface area contributed by atoms with E-state index in [1.54, 1.807) is 18.1 Å². The molecule has 0 radical (unpaired) electrons. The van der Waals surface area contributed by atoms with Crippen LogP contribution in [0.15, 0.2) is 48.5 Å². The van der Waals surface area contributed by atoms with E-state index in [-0.39, 0.29) is 0 Å². The number of benzene rings is 2. The molecular formula is C21H23N3O4. The van der Waals surface area contributed by atoms with Crippen LogP contribution >= 0.6 is 0 Å². The van der Waals surface area contributed by atoms with Crippen LogP contribution in [-0.4, -0.2) is 42.0 Å². The van der Waals surface area contributed by atoms with Gasteiger partial charge in [0.25, 0.3) is 11.9 Å². The Morgan fingerprint density at radius 3 is 2.61 bits per heavy atom. The highest BCUT2D eigenvalue weighted by atomic mass is 16.6. The number of carbonyl (C=O) groups excluding carboxylic acids is 1. The maximum atomic E-state index is 13.3. The molecular weight excluding hydrogens is 358 g/mol. The Balaban J connectivity index is 1.86. The maximum absolute atomic E-state index is 13.3. The number of piperidine rings is 1. The highest BCUT2D eigenvalue weighted by Gasteiger charge is 2.59. The molecule has 2 aliphatic heterocycles. The molecule has 0 aliphatic carbocycles. The second-order valence-electron chi connectivity index (χ2n) is 7.43. The van der Waals surface area contributed by atoms with E-state index in [9.17, 15) is 14.9 Å². The molecule has 1 amide bonds. The van der Waals surface area contributed by atoms with Crippen molar-refractivity contribution in [3.63, 3.8) is 0 Å². The number of ether oxygens (including phenoxy) is 1. The van der Waals surface area contributed by atoms with Crippen LogP contribution in [0.25, 0.3) is 0 Å². The second kappa shape index (κ2) is 6.91. The third-order valence-electron chi connectivity index (χ3n) is 5.92. The molecule has 1 N–H and O–H groups in total. The number of hydrogen-bond acceptors (Lipinski definition) is 5. The lowest BCUT2D eigenvalue weighted by molar-refractivity contribution is -0.516. The Bertz CT molecular complexity index is 914. The van der Waals surface area contributed by atoms with Gasteiger partial charge in [-0.05, 0) is 18.6 Å². The summed E-state index contributed by atoms with van der Waals surface area (Å²) >= 11 is 0. The van der Waals surface area contributed by atoms with Crippen molar-refractivity contribution < 1.29 is 14.5 Å². The van der Waals surface area contributed by atoms with Gasteiger partial charge in [0.2, 0.25) is 0 Å². The lowest BCUT2D eigenvalue weighted by Gasteiger charge is -2.46. The van der Waals surface area contributed by atoms with E-state index in [0.29, 0.717) is 30.8 Å². The molecule has 146 valence electrons. The van der Waals surface area contributed by atoms with Crippen LogP contribution in [0.4, 0.5) is 0 Å². The Kier molecular flexibility index (Phi) is 4.55. The Morgan fingerprint density at radius 1 is 1.21 bits per heavy atom. The van der Waals surface area contributed by atoms with Crippen molar-refractivity contribution in [1.82, 2.24) is 10.2 Å². The van der Waals surface area contributed by atoms with Crippen molar-refractivity contribution in [2.75, 3.05) is 20.2 Å². The zero-order chi connectivity index (χ0) is 19.9. The molecule has 2 heterocycles. The number of fused-ring (bicyclic) bond motifs is 1. The van der Waals surface area contributed by atoms with Crippen molar-refractivity contribution in [2.24, 2.45) is 0 Å². The van der Waals surface area contributed by atoms with Gasteiger partial charge in [0.05, 0.1) is 13.0 Å². The summed E-state index contributed by atoms with van der Waals surface area (Å²) in [6.07, 6.45) is 0.411. The van der Waals surface area contributed by atoms with Crippen molar-refractivity contribution >= 4 is 5.91 Å². The molecule has 2 fully saturated rings. The molecule has 2 aromatic rings. The summed E-state index contributed by atoms with van der Waals surface area (Å²) in [5.41, 5.74) is 2.02. The van der Waals surface area contributed by atoms with Crippen LogP contribution in [0.1, 0.15) is 29.0 Å². The monoisotopic (exact) mass is 381 g/mol. The molecule has 0 bridgehead atoms. The van der Waals surface area contributed by atoms with Gasteiger partial charge in [-0.15, -0.1) is 0 Å². The van der Waals surface area contributed by atoms with E-state index < -0.39 is 28.5 Å². The van der Waals surface area contributed by atoms with Crippen LogP contribution in [0.5, 0.6) is 5.75 Å². The van der Waals surface area contributed by atoms with Gasteiger partial charge in [0, 0.05) is 30.0 Å². The first kappa shape index (κ1) is 18.4. The van der Waals surface area contributed by atoms with Gasteiger partial charge in [-0.1, -0.05) is 48.0 Å². The average Bonchev–Trinajstić information content (AvgIpc) is 3.13.